The van der Waals surface area contributed by atoms with Gasteiger partial charge >= 0.3 is 0 Å². The third kappa shape index (κ3) is 2.86. The fourth-order valence-electron chi connectivity index (χ4n) is 2.51. The molecule has 0 spiro atoms. The van der Waals surface area contributed by atoms with E-state index in [4.69, 9.17) is 0 Å². The zero-order valence-corrected chi connectivity index (χ0v) is 12.8. The molecule has 112 valence electrons. The highest BCUT2D eigenvalue weighted by atomic mass is 16.2. The van der Waals surface area contributed by atoms with Crippen molar-refractivity contribution < 1.29 is 4.79 Å². The molecule has 1 N–H and O–H groups in total. The Labute approximate surface area is 129 Å². The average molecular weight is 293 g/mol. The summed E-state index contributed by atoms with van der Waals surface area (Å²) in [5.41, 5.74) is 3.61. The topological polar surface area (TPSA) is 49.0 Å². The molecule has 0 atom stereocenters. The van der Waals surface area contributed by atoms with E-state index in [9.17, 15) is 4.79 Å². The number of hydrogen-bond donors (Lipinski definition) is 1. The number of imidazole rings is 1. The van der Waals surface area contributed by atoms with Crippen LogP contribution in [0.5, 0.6) is 0 Å². The molecule has 0 radical (unpaired) electrons. The van der Waals surface area contributed by atoms with Gasteiger partial charge in [-0.25, -0.2) is 4.98 Å². The Hall–Kier alpha value is -2.62. The first kappa shape index (κ1) is 14.3. The highest BCUT2D eigenvalue weighted by molar-refractivity contribution is 5.97. The Morgan fingerprint density at radius 2 is 1.95 bits per heavy atom. The predicted octanol–water partition coefficient (Wildman–Crippen LogP) is 3.40. The van der Waals surface area contributed by atoms with Crippen LogP contribution in [0.4, 0.5) is 0 Å². The molecule has 4 nitrogen and oxygen atoms in total. The number of hydrogen-bond acceptors (Lipinski definition) is 2. The summed E-state index contributed by atoms with van der Waals surface area (Å²) in [4.78, 5) is 22.0. The van der Waals surface area contributed by atoms with Gasteiger partial charge in [0.25, 0.3) is 5.91 Å². The lowest BCUT2D eigenvalue weighted by Crippen LogP contribution is -2.26. The maximum Gasteiger partial charge on any atom is 0.253 e. The van der Waals surface area contributed by atoms with Crippen LogP contribution in [-0.2, 0) is 13.0 Å². The van der Waals surface area contributed by atoms with Crippen molar-refractivity contribution in [1.82, 2.24) is 14.9 Å². The summed E-state index contributed by atoms with van der Waals surface area (Å²) < 4.78 is 0. The van der Waals surface area contributed by atoms with E-state index in [1.54, 1.807) is 4.90 Å². The summed E-state index contributed by atoms with van der Waals surface area (Å²) in [6.45, 7) is 2.65. The molecule has 0 aliphatic carbocycles. The first-order valence-electron chi connectivity index (χ1n) is 7.45. The molecule has 0 fully saturated rings. The largest absolute Gasteiger partial charge is 0.342 e. The first-order chi connectivity index (χ1) is 10.7. The second kappa shape index (κ2) is 6.02. The number of rotatable bonds is 4. The van der Waals surface area contributed by atoms with E-state index in [2.05, 4.69) is 16.9 Å². The molecule has 0 bridgehead atoms. The van der Waals surface area contributed by atoms with Crippen LogP contribution in [0.1, 0.15) is 28.7 Å². The highest BCUT2D eigenvalue weighted by Crippen LogP contribution is 2.16. The van der Waals surface area contributed by atoms with Crippen LogP contribution in [0.3, 0.4) is 0 Å². The number of benzene rings is 2. The van der Waals surface area contributed by atoms with E-state index in [1.807, 2.05) is 55.6 Å². The fraction of sp³-hybridized carbons (Fsp3) is 0.222. The van der Waals surface area contributed by atoms with E-state index in [-0.39, 0.29) is 5.91 Å². The zero-order valence-electron chi connectivity index (χ0n) is 12.8. The summed E-state index contributed by atoms with van der Waals surface area (Å²) in [5, 5.41) is 0. The number of aryl methyl sites for hydroxylation is 1. The Balaban J connectivity index is 1.81. The quantitative estimate of drug-likeness (QED) is 0.801. The van der Waals surface area contributed by atoms with Crippen molar-refractivity contribution in [2.75, 3.05) is 7.05 Å². The Morgan fingerprint density at radius 3 is 2.68 bits per heavy atom. The maximum absolute atomic E-state index is 12.6. The number of amides is 1. The molecule has 0 aliphatic heterocycles. The van der Waals surface area contributed by atoms with Crippen LogP contribution >= 0.6 is 0 Å². The molecule has 0 saturated heterocycles. The second-order valence-electron chi connectivity index (χ2n) is 5.42. The van der Waals surface area contributed by atoms with Gasteiger partial charge in [-0.3, -0.25) is 4.79 Å². The molecule has 2 aromatic carbocycles. The molecule has 3 rings (SSSR count). The van der Waals surface area contributed by atoms with Crippen LogP contribution in [0, 0.1) is 0 Å². The van der Waals surface area contributed by atoms with Crippen molar-refractivity contribution in [1.29, 1.82) is 0 Å². The van der Waals surface area contributed by atoms with Gasteiger partial charge < -0.3 is 9.88 Å². The SMILES string of the molecule is CCc1nc2ccc(C(=O)N(C)Cc3ccccc3)cc2[nH]1. The molecule has 1 aromatic heterocycles. The number of nitrogens with zero attached hydrogens (tertiary/aromatic N) is 2. The van der Waals surface area contributed by atoms with Crippen molar-refractivity contribution in [2.24, 2.45) is 0 Å². The zero-order chi connectivity index (χ0) is 15.5. The van der Waals surface area contributed by atoms with Gasteiger partial charge in [0.05, 0.1) is 11.0 Å². The molecule has 3 aromatic rings. The molecule has 4 heteroatoms. The van der Waals surface area contributed by atoms with E-state index >= 15 is 0 Å². The van der Waals surface area contributed by atoms with Crippen LogP contribution in [0.25, 0.3) is 11.0 Å². The first-order valence-corrected chi connectivity index (χ1v) is 7.45. The van der Waals surface area contributed by atoms with Gasteiger partial charge in [-0.15, -0.1) is 0 Å². The molecule has 22 heavy (non-hydrogen) atoms. The predicted molar refractivity (Wildman–Crippen MR) is 87.7 cm³/mol. The smallest absolute Gasteiger partial charge is 0.253 e. The lowest BCUT2D eigenvalue weighted by atomic mass is 10.1. The second-order valence-corrected chi connectivity index (χ2v) is 5.42. The number of fused-ring (bicyclic) bond motifs is 1. The minimum atomic E-state index is 0.0124. The normalized spacial score (nSPS) is 10.8. The van der Waals surface area contributed by atoms with Crippen LogP contribution in [0.15, 0.2) is 48.5 Å². The van der Waals surface area contributed by atoms with Crippen molar-refractivity contribution in [3.8, 4) is 0 Å². The van der Waals surface area contributed by atoms with Gasteiger partial charge in [-0.05, 0) is 23.8 Å². The Bertz CT molecular complexity index is 792. The Morgan fingerprint density at radius 1 is 1.18 bits per heavy atom. The summed E-state index contributed by atoms with van der Waals surface area (Å²) in [5.74, 6) is 0.954. The molecular formula is C18H19N3O. The monoisotopic (exact) mass is 293 g/mol. The van der Waals surface area contributed by atoms with Crippen LogP contribution in [0.2, 0.25) is 0 Å². The molecular weight excluding hydrogens is 274 g/mol. The maximum atomic E-state index is 12.6. The number of aromatic amines is 1. The van der Waals surface area contributed by atoms with Gasteiger partial charge in [0.2, 0.25) is 0 Å². The number of aromatic nitrogens is 2. The lowest BCUT2D eigenvalue weighted by Gasteiger charge is -2.17. The number of nitrogens with one attached hydrogen (secondary N) is 1. The van der Waals surface area contributed by atoms with Gasteiger partial charge in [-0.2, -0.15) is 0 Å². The van der Waals surface area contributed by atoms with Gasteiger partial charge in [0.1, 0.15) is 5.82 Å². The number of H-pyrrole nitrogens is 1. The molecule has 0 unspecified atom stereocenters. The highest BCUT2D eigenvalue weighted by Gasteiger charge is 2.13. The van der Waals surface area contributed by atoms with Crippen LogP contribution < -0.4 is 0 Å². The molecule has 0 saturated carbocycles. The van der Waals surface area contributed by atoms with E-state index in [0.29, 0.717) is 12.1 Å². The standard InChI is InChI=1S/C18H19N3O/c1-3-17-19-15-10-9-14(11-16(15)20-17)18(22)21(2)12-13-7-5-4-6-8-13/h4-11H,3,12H2,1-2H3,(H,19,20). The minimum absolute atomic E-state index is 0.0124. The van der Waals surface area contributed by atoms with Gasteiger partial charge in [0, 0.05) is 25.6 Å². The summed E-state index contributed by atoms with van der Waals surface area (Å²) in [6.07, 6.45) is 0.853. The van der Waals surface area contributed by atoms with Gasteiger partial charge in [-0.1, -0.05) is 37.3 Å². The van der Waals surface area contributed by atoms with Crippen molar-refractivity contribution in [2.45, 2.75) is 19.9 Å². The average Bonchev–Trinajstić information content (AvgIpc) is 2.97. The molecule has 0 aliphatic rings. The van der Waals surface area contributed by atoms with Crippen molar-refractivity contribution in [3.05, 3.63) is 65.5 Å². The summed E-state index contributed by atoms with van der Waals surface area (Å²) >= 11 is 0. The summed E-state index contributed by atoms with van der Waals surface area (Å²) in [7, 11) is 1.82. The van der Waals surface area contributed by atoms with E-state index in [1.165, 1.54) is 0 Å². The Kier molecular flexibility index (Phi) is 3.92. The van der Waals surface area contributed by atoms with Crippen molar-refractivity contribution in [3.63, 3.8) is 0 Å². The van der Waals surface area contributed by atoms with Crippen molar-refractivity contribution >= 4 is 16.9 Å². The number of carbonyl (C=O) groups excluding carboxylic acids is 1. The van der Waals surface area contributed by atoms with E-state index < -0.39 is 0 Å². The third-order valence-corrected chi connectivity index (χ3v) is 3.72. The molecule has 1 heterocycles. The van der Waals surface area contributed by atoms with Gasteiger partial charge in [0.15, 0.2) is 0 Å². The van der Waals surface area contributed by atoms with E-state index in [0.717, 1.165) is 28.8 Å². The van der Waals surface area contributed by atoms with Crippen LogP contribution in [-0.4, -0.2) is 27.8 Å². The summed E-state index contributed by atoms with van der Waals surface area (Å²) in [6, 6.07) is 15.6. The lowest BCUT2D eigenvalue weighted by molar-refractivity contribution is 0.0785. The molecule has 1 amide bonds. The number of carbonyl (C=O) groups is 1. The fourth-order valence-corrected chi connectivity index (χ4v) is 2.51. The third-order valence-electron chi connectivity index (χ3n) is 3.72. The minimum Gasteiger partial charge on any atom is -0.342 e.